The third-order valence-corrected chi connectivity index (χ3v) is 3.54. The van der Waals surface area contributed by atoms with Gasteiger partial charge in [-0.25, -0.2) is 10.4 Å². The Morgan fingerprint density at radius 1 is 1.44 bits per heavy atom. The lowest BCUT2D eigenvalue weighted by Gasteiger charge is -2.23. The van der Waals surface area contributed by atoms with E-state index >= 15 is 0 Å². The molecular formula is C11H10N4O. The van der Waals surface area contributed by atoms with Crippen LogP contribution in [0.2, 0.25) is 0 Å². The van der Waals surface area contributed by atoms with Gasteiger partial charge in [-0.3, -0.25) is 10.2 Å². The average molecular weight is 214 g/mol. The minimum Gasteiger partial charge on any atom is -0.345 e. The van der Waals surface area contributed by atoms with Gasteiger partial charge in [-0.2, -0.15) is 0 Å². The molecule has 0 spiro atoms. The standard InChI is InChI=1S/C11H10N4O/c16-10-7-3-13-11-8(7)5(1-2-12-11)6-4-14-15-9(6)10/h1-3,6,9,14-15H,4H2,(H,12,13). The van der Waals surface area contributed by atoms with Crippen LogP contribution in [0, 0.1) is 0 Å². The third kappa shape index (κ3) is 0.834. The van der Waals surface area contributed by atoms with Gasteiger partial charge < -0.3 is 4.98 Å². The molecule has 80 valence electrons. The van der Waals surface area contributed by atoms with Crippen molar-refractivity contribution < 1.29 is 4.79 Å². The molecule has 1 aliphatic heterocycles. The van der Waals surface area contributed by atoms with Crippen LogP contribution < -0.4 is 10.9 Å². The number of Topliss-reactive ketones (excluding diaryl/α,β-unsaturated/α-hetero) is 1. The number of nitrogens with zero attached hydrogens (tertiary/aromatic N) is 1. The largest absolute Gasteiger partial charge is 0.345 e. The SMILES string of the molecule is O=C1c2c[nH]c3nccc(c23)C2CNNC12. The normalized spacial score (nSPS) is 27.4. The van der Waals surface area contributed by atoms with E-state index in [0.717, 1.165) is 23.1 Å². The molecule has 2 aliphatic rings. The lowest BCUT2D eigenvalue weighted by atomic mass is 9.81. The molecule has 2 aromatic heterocycles. The lowest BCUT2D eigenvalue weighted by molar-refractivity contribution is 0.0941. The first kappa shape index (κ1) is 8.43. The fraction of sp³-hybridized carbons (Fsp3) is 0.273. The van der Waals surface area contributed by atoms with Crippen molar-refractivity contribution in [3.63, 3.8) is 0 Å². The zero-order valence-corrected chi connectivity index (χ0v) is 8.45. The van der Waals surface area contributed by atoms with Crippen LogP contribution in [0.1, 0.15) is 21.8 Å². The lowest BCUT2D eigenvalue weighted by Crippen LogP contribution is -2.39. The second kappa shape index (κ2) is 2.69. The fourth-order valence-electron chi connectivity index (χ4n) is 2.79. The number of carbonyl (C=O) groups is 1. The van der Waals surface area contributed by atoms with Crippen LogP contribution in [0.3, 0.4) is 0 Å². The summed E-state index contributed by atoms with van der Waals surface area (Å²) in [4.78, 5) is 19.5. The molecule has 1 saturated heterocycles. The van der Waals surface area contributed by atoms with Gasteiger partial charge in [0.25, 0.3) is 0 Å². The molecule has 0 radical (unpaired) electrons. The summed E-state index contributed by atoms with van der Waals surface area (Å²) in [6, 6.07) is 1.88. The number of nitrogens with one attached hydrogen (secondary N) is 3. The van der Waals surface area contributed by atoms with Gasteiger partial charge in [0, 0.05) is 35.8 Å². The Balaban J connectivity index is 2.12. The Bertz CT molecular complexity index is 603. The van der Waals surface area contributed by atoms with Crippen LogP contribution >= 0.6 is 0 Å². The van der Waals surface area contributed by atoms with Crippen LogP contribution in [-0.2, 0) is 0 Å². The highest BCUT2D eigenvalue weighted by Crippen LogP contribution is 2.36. The first-order valence-corrected chi connectivity index (χ1v) is 5.35. The molecule has 16 heavy (non-hydrogen) atoms. The summed E-state index contributed by atoms with van der Waals surface area (Å²) in [6.07, 6.45) is 3.56. The molecule has 0 aromatic carbocycles. The van der Waals surface area contributed by atoms with E-state index in [1.165, 1.54) is 5.56 Å². The number of aromatic nitrogens is 2. The minimum absolute atomic E-state index is 0.131. The Labute approximate surface area is 91.2 Å². The van der Waals surface area contributed by atoms with Gasteiger partial charge in [-0.15, -0.1) is 0 Å². The van der Waals surface area contributed by atoms with Crippen LogP contribution in [0.15, 0.2) is 18.5 Å². The molecule has 3 heterocycles. The summed E-state index contributed by atoms with van der Waals surface area (Å²) in [5, 5.41) is 0.999. The predicted molar refractivity (Wildman–Crippen MR) is 58.1 cm³/mol. The van der Waals surface area contributed by atoms with E-state index in [1.807, 2.05) is 6.07 Å². The molecule has 5 heteroatoms. The van der Waals surface area contributed by atoms with Gasteiger partial charge in [0.15, 0.2) is 5.78 Å². The average Bonchev–Trinajstić information content (AvgIpc) is 2.93. The van der Waals surface area contributed by atoms with E-state index in [2.05, 4.69) is 20.8 Å². The van der Waals surface area contributed by atoms with Crippen molar-refractivity contribution in [1.82, 2.24) is 20.8 Å². The highest BCUT2D eigenvalue weighted by Gasteiger charge is 2.40. The number of rotatable bonds is 0. The van der Waals surface area contributed by atoms with Crippen molar-refractivity contribution >= 4 is 16.8 Å². The van der Waals surface area contributed by atoms with Gasteiger partial charge >= 0.3 is 0 Å². The maximum atomic E-state index is 12.2. The second-order valence-corrected chi connectivity index (χ2v) is 4.30. The van der Waals surface area contributed by atoms with Crippen molar-refractivity contribution in [3.8, 4) is 0 Å². The number of hydrogen-bond donors (Lipinski definition) is 3. The zero-order chi connectivity index (χ0) is 10.7. The van der Waals surface area contributed by atoms with E-state index in [4.69, 9.17) is 0 Å². The van der Waals surface area contributed by atoms with E-state index in [1.54, 1.807) is 12.4 Å². The molecule has 2 aromatic rings. The fourth-order valence-corrected chi connectivity index (χ4v) is 2.79. The molecule has 0 amide bonds. The van der Waals surface area contributed by atoms with E-state index in [-0.39, 0.29) is 17.7 Å². The Morgan fingerprint density at radius 3 is 3.31 bits per heavy atom. The number of carbonyl (C=O) groups excluding carboxylic acids is 1. The van der Waals surface area contributed by atoms with Gasteiger partial charge in [-0.05, 0) is 11.6 Å². The second-order valence-electron chi connectivity index (χ2n) is 4.30. The van der Waals surface area contributed by atoms with E-state index in [0.29, 0.717) is 0 Å². The van der Waals surface area contributed by atoms with Crippen molar-refractivity contribution in [1.29, 1.82) is 0 Å². The van der Waals surface area contributed by atoms with Gasteiger partial charge in [-0.1, -0.05) is 0 Å². The summed E-state index contributed by atoms with van der Waals surface area (Å²) in [6.45, 7) is 0.792. The summed E-state index contributed by atoms with van der Waals surface area (Å²) in [5.74, 6) is 0.378. The van der Waals surface area contributed by atoms with Crippen LogP contribution in [0.5, 0.6) is 0 Å². The summed E-state index contributed by atoms with van der Waals surface area (Å²) in [7, 11) is 0. The maximum absolute atomic E-state index is 12.2. The quantitative estimate of drug-likeness (QED) is 0.590. The molecule has 3 N–H and O–H groups in total. The first-order chi connectivity index (χ1) is 7.86. The number of fused-ring (bicyclic) bond motifs is 2. The molecule has 2 unspecified atom stereocenters. The van der Waals surface area contributed by atoms with Gasteiger partial charge in [0.05, 0.1) is 6.04 Å². The number of pyridine rings is 1. The number of ketones is 1. The molecule has 5 nitrogen and oxygen atoms in total. The Kier molecular flexibility index (Phi) is 1.42. The van der Waals surface area contributed by atoms with Crippen molar-refractivity contribution in [2.75, 3.05) is 6.54 Å². The number of aromatic amines is 1. The molecule has 0 bridgehead atoms. The van der Waals surface area contributed by atoms with Crippen LogP contribution in [0.25, 0.3) is 11.0 Å². The highest BCUT2D eigenvalue weighted by atomic mass is 16.1. The summed E-state index contributed by atoms with van der Waals surface area (Å²) in [5.41, 5.74) is 8.89. The maximum Gasteiger partial charge on any atom is 0.183 e. The number of H-pyrrole nitrogens is 1. The molecule has 0 saturated carbocycles. The smallest absolute Gasteiger partial charge is 0.183 e. The zero-order valence-electron chi connectivity index (χ0n) is 8.45. The molecule has 1 aliphatic carbocycles. The molecule has 2 atom stereocenters. The number of hydrazine groups is 1. The molecule has 4 rings (SSSR count). The number of hydrogen-bond acceptors (Lipinski definition) is 4. The Hall–Kier alpha value is -1.72. The minimum atomic E-state index is -0.131. The first-order valence-electron chi connectivity index (χ1n) is 5.35. The molecular weight excluding hydrogens is 204 g/mol. The summed E-state index contributed by atoms with van der Waals surface area (Å²) >= 11 is 0. The van der Waals surface area contributed by atoms with Crippen LogP contribution in [0.4, 0.5) is 0 Å². The van der Waals surface area contributed by atoms with Crippen molar-refractivity contribution in [2.24, 2.45) is 0 Å². The predicted octanol–water partition coefficient (Wildman–Crippen LogP) is 0.319. The Morgan fingerprint density at radius 2 is 2.38 bits per heavy atom. The topological polar surface area (TPSA) is 69.8 Å². The van der Waals surface area contributed by atoms with Crippen molar-refractivity contribution in [2.45, 2.75) is 12.0 Å². The molecule has 1 fully saturated rings. The monoisotopic (exact) mass is 214 g/mol. The van der Waals surface area contributed by atoms with Gasteiger partial charge in [0.1, 0.15) is 5.65 Å². The third-order valence-electron chi connectivity index (χ3n) is 3.54. The van der Waals surface area contributed by atoms with E-state index < -0.39 is 0 Å². The van der Waals surface area contributed by atoms with Gasteiger partial charge in [0.2, 0.25) is 0 Å². The highest BCUT2D eigenvalue weighted by molar-refractivity contribution is 6.13. The van der Waals surface area contributed by atoms with Crippen LogP contribution in [-0.4, -0.2) is 28.3 Å². The van der Waals surface area contributed by atoms with Crippen molar-refractivity contribution in [3.05, 3.63) is 29.6 Å². The summed E-state index contributed by atoms with van der Waals surface area (Å²) < 4.78 is 0. The van der Waals surface area contributed by atoms with E-state index in [9.17, 15) is 4.79 Å².